The molecule has 1 heterocycles. The van der Waals surface area contributed by atoms with E-state index in [1.807, 2.05) is 0 Å². The van der Waals surface area contributed by atoms with Gasteiger partial charge in [0.1, 0.15) is 0 Å². The summed E-state index contributed by atoms with van der Waals surface area (Å²) in [6.45, 7) is 4.45. The molecule has 108 valence electrons. The van der Waals surface area contributed by atoms with Crippen LogP contribution in [-0.2, 0) is 4.79 Å². The van der Waals surface area contributed by atoms with Crippen molar-refractivity contribution in [3.63, 3.8) is 0 Å². The van der Waals surface area contributed by atoms with Crippen molar-refractivity contribution < 1.29 is 14.5 Å². The van der Waals surface area contributed by atoms with Gasteiger partial charge in [0.25, 0.3) is 0 Å². The largest absolute Gasteiger partial charge is 0.456 e. The normalized spacial score (nSPS) is 15.1. The number of nitrogens with zero attached hydrogens (tertiary/aromatic N) is 1. The van der Waals surface area contributed by atoms with Gasteiger partial charge in [-0.2, -0.15) is 4.58 Å². The monoisotopic (exact) mass is 316 g/mol. The van der Waals surface area contributed by atoms with E-state index in [2.05, 4.69) is 10.6 Å². The highest BCUT2D eigenvalue weighted by atomic mass is 35.5. The fourth-order valence-corrected chi connectivity index (χ4v) is 2.41. The molecule has 2 rings (SSSR count). The van der Waals surface area contributed by atoms with Crippen LogP contribution in [-0.4, -0.2) is 47.7 Å². The number of carbonyl (C=O) groups is 1. The summed E-state index contributed by atoms with van der Waals surface area (Å²) in [6.07, 6.45) is 0. The standard InChI is InChI=1S/C13H15Cl2N3O2/c1-8-10(14)6-9(7-11(8)15)17-12(19)13(20)18-4-2-16-3-5-18/h6-7,16H,2-5H2,1H3,(H,17,19)/p+1. The Balaban J connectivity index is 2.15. The molecular formula is C13H16Cl2N3O2+. The summed E-state index contributed by atoms with van der Waals surface area (Å²) in [4.78, 5) is 12.0. The number of nitrogens with one attached hydrogen (secondary N) is 2. The zero-order chi connectivity index (χ0) is 14.7. The van der Waals surface area contributed by atoms with E-state index in [9.17, 15) is 9.90 Å². The van der Waals surface area contributed by atoms with E-state index in [4.69, 9.17) is 23.2 Å². The second-order valence-corrected chi connectivity index (χ2v) is 5.39. The Kier molecular flexibility index (Phi) is 4.86. The van der Waals surface area contributed by atoms with Gasteiger partial charge in [0.05, 0.1) is 13.1 Å². The minimum Gasteiger partial charge on any atom is -0.456 e. The van der Waals surface area contributed by atoms with Gasteiger partial charge >= 0.3 is 11.8 Å². The second-order valence-electron chi connectivity index (χ2n) is 4.58. The third-order valence-electron chi connectivity index (χ3n) is 3.16. The van der Waals surface area contributed by atoms with Crippen LogP contribution in [0.5, 0.6) is 0 Å². The lowest BCUT2D eigenvalue weighted by molar-refractivity contribution is -0.538. The number of aliphatic hydroxyl groups is 1. The van der Waals surface area contributed by atoms with E-state index >= 15 is 0 Å². The minimum atomic E-state index is -0.567. The van der Waals surface area contributed by atoms with Crippen LogP contribution in [0.2, 0.25) is 10.0 Å². The number of amides is 1. The lowest BCUT2D eigenvalue weighted by atomic mass is 10.2. The van der Waals surface area contributed by atoms with Crippen LogP contribution >= 0.6 is 23.2 Å². The molecule has 1 fully saturated rings. The second kappa shape index (κ2) is 6.43. The highest BCUT2D eigenvalue weighted by molar-refractivity contribution is 6.38. The predicted octanol–water partition coefficient (Wildman–Crippen LogP) is 1.81. The summed E-state index contributed by atoms with van der Waals surface area (Å²) in [5.74, 6) is -0.859. The number of piperazine rings is 1. The topological polar surface area (TPSA) is 64.4 Å². The van der Waals surface area contributed by atoms with Gasteiger partial charge in [-0.25, -0.2) is 0 Å². The number of benzene rings is 1. The number of carbonyl (C=O) groups excluding carboxylic acids is 1. The highest BCUT2D eigenvalue weighted by Crippen LogP contribution is 2.27. The van der Waals surface area contributed by atoms with Crippen LogP contribution in [0.1, 0.15) is 5.56 Å². The molecule has 1 amide bonds. The molecule has 0 unspecified atom stereocenters. The van der Waals surface area contributed by atoms with E-state index in [-0.39, 0.29) is 5.90 Å². The molecule has 3 N–H and O–H groups in total. The van der Waals surface area contributed by atoms with E-state index in [0.717, 1.165) is 18.7 Å². The molecule has 1 aliphatic heterocycles. The van der Waals surface area contributed by atoms with Gasteiger partial charge in [0.2, 0.25) is 0 Å². The Morgan fingerprint density at radius 1 is 1.30 bits per heavy atom. The molecule has 5 nitrogen and oxygen atoms in total. The van der Waals surface area contributed by atoms with Crippen LogP contribution < -0.4 is 10.6 Å². The zero-order valence-corrected chi connectivity index (χ0v) is 12.6. The molecule has 20 heavy (non-hydrogen) atoms. The molecular weight excluding hydrogens is 301 g/mol. The highest BCUT2D eigenvalue weighted by Gasteiger charge is 2.24. The summed E-state index contributed by atoms with van der Waals surface area (Å²) >= 11 is 12.0. The van der Waals surface area contributed by atoms with Crippen LogP contribution in [0.15, 0.2) is 12.1 Å². The summed E-state index contributed by atoms with van der Waals surface area (Å²) in [5.41, 5.74) is 1.21. The smallest absolute Gasteiger partial charge is 0.427 e. The van der Waals surface area contributed by atoms with Crippen LogP contribution in [0, 0.1) is 6.92 Å². The number of halogens is 2. The van der Waals surface area contributed by atoms with Crippen molar-refractivity contribution in [3.05, 3.63) is 27.7 Å². The molecule has 0 aromatic heterocycles. The molecule has 0 bridgehead atoms. The predicted molar refractivity (Wildman–Crippen MR) is 80.3 cm³/mol. The van der Waals surface area contributed by atoms with Crippen LogP contribution in [0.25, 0.3) is 0 Å². The van der Waals surface area contributed by atoms with Crippen molar-refractivity contribution in [1.82, 2.24) is 5.32 Å². The summed E-state index contributed by atoms with van der Waals surface area (Å²) in [7, 11) is 0. The average molecular weight is 317 g/mol. The SMILES string of the molecule is Cc1c(Cl)cc(NC(=O)C(O)=[N+]2CCNCC2)cc1Cl. The van der Waals surface area contributed by atoms with Crippen molar-refractivity contribution in [1.29, 1.82) is 0 Å². The van der Waals surface area contributed by atoms with E-state index in [0.29, 0.717) is 28.8 Å². The quantitative estimate of drug-likeness (QED) is 0.547. The first-order valence-electron chi connectivity index (χ1n) is 6.27. The summed E-state index contributed by atoms with van der Waals surface area (Å²) in [6, 6.07) is 3.21. The number of hydrogen-bond acceptors (Lipinski definition) is 2. The maximum atomic E-state index is 12.0. The molecule has 7 heteroatoms. The first-order chi connectivity index (χ1) is 9.49. The molecule has 0 spiro atoms. The molecule has 1 saturated heterocycles. The van der Waals surface area contributed by atoms with Crippen molar-refractivity contribution in [2.75, 3.05) is 31.5 Å². The van der Waals surface area contributed by atoms with Gasteiger partial charge in [0.15, 0.2) is 13.1 Å². The molecule has 0 aliphatic carbocycles. The Hall–Kier alpha value is -1.30. The third-order valence-corrected chi connectivity index (χ3v) is 3.94. The fourth-order valence-electron chi connectivity index (χ4n) is 1.92. The van der Waals surface area contributed by atoms with Gasteiger partial charge in [-0.3, -0.25) is 4.79 Å². The first-order valence-corrected chi connectivity index (χ1v) is 7.03. The Morgan fingerprint density at radius 3 is 2.40 bits per heavy atom. The summed E-state index contributed by atoms with van der Waals surface area (Å²) in [5, 5.41) is 16.6. The molecule has 1 aromatic rings. The van der Waals surface area contributed by atoms with Crippen molar-refractivity contribution in [3.8, 4) is 0 Å². The van der Waals surface area contributed by atoms with Crippen molar-refractivity contribution in [2.45, 2.75) is 6.92 Å². The van der Waals surface area contributed by atoms with Gasteiger partial charge < -0.3 is 15.7 Å². The maximum absolute atomic E-state index is 12.0. The van der Waals surface area contributed by atoms with Gasteiger partial charge in [0, 0.05) is 15.7 Å². The Bertz CT molecular complexity index is 542. The number of aliphatic hydroxyl groups excluding tert-OH is 1. The molecule has 1 aromatic carbocycles. The zero-order valence-electron chi connectivity index (χ0n) is 11.0. The molecule has 0 atom stereocenters. The van der Waals surface area contributed by atoms with E-state index < -0.39 is 5.91 Å². The maximum Gasteiger partial charge on any atom is 0.427 e. The Morgan fingerprint density at radius 2 is 1.85 bits per heavy atom. The fraction of sp³-hybridized carbons (Fsp3) is 0.385. The lowest BCUT2D eigenvalue weighted by Gasteiger charge is -2.12. The van der Waals surface area contributed by atoms with Gasteiger partial charge in [-0.15, -0.1) is 0 Å². The number of anilines is 1. The summed E-state index contributed by atoms with van der Waals surface area (Å²) < 4.78 is 1.63. The first kappa shape index (κ1) is 15.1. The van der Waals surface area contributed by atoms with E-state index in [1.54, 1.807) is 23.6 Å². The number of hydrogen-bond donors (Lipinski definition) is 3. The van der Waals surface area contributed by atoms with Crippen molar-refractivity contribution in [2.24, 2.45) is 0 Å². The average Bonchev–Trinajstić information content (AvgIpc) is 2.44. The van der Waals surface area contributed by atoms with Gasteiger partial charge in [-0.05, 0) is 24.6 Å². The third kappa shape index (κ3) is 3.42. The molecule has 0 saturated carbocycles. The number of rotatable bonds is 1. The molecule has 1 aliphatic rings. The minimum absolute atomic E-state index is 0.292. The van der Waals surface area contributed by atoms with Crippen molar-refractivity contribution >= 4 is 40.7 Å². The Labute approximate surface area is 127 Å². The van der Waals surface area contributed by atoms with E-state index in [1.165, 1.54) is 0 Å². The molecule has 0 radical (unpaired) electrons. The van der Waals surface area contributed by atoms with Gasteiger partial charge in [-0.1, -0.05) is 23.2 Å². The van der Waals surface area contributed by atoms with Crippen LogP contribution in [0.3, 0.4) is 0 Å². The lowest BCUT2D eigenvalue weighted by Crippen LogP contribution is -2.43. The van der Waals surface area contributed by atoms with Crippen LogP contribution in [0.4, 0.5) is 5.69 Å².